The Morgan fingerprint density at radius 3 is 2.39 bits per heavy atom. The van der Waals surface area contributed by atoms with E-state index in [1.54, 1.807) is 0 Å². The minimum atomic E-state index is -0.0623. The summed E-state index contributed by atoms with van der Waals surface area (Å²) in [6, 6.07) is 27.1. The highest BCUT2D eigenvalue weighted by molar-refractivity contribution is 7.80. The van der Waals surface area contributed by atoms with E-state index in [4.69, 9.17) is 12.2 Å². The lowest BCUT2D eigenvalue weighted by Crippen LogP contribution is -2.30. The van der Waals surface area contributed by atoms with Crippen LogP contribution in [0.5, 0.6) is 0 Å². The van der Waals surface area contributed by atoms with Crippen LogP contribution in [0.1, 0.15) is 34.6 Å². The van der Waals surface area contributed by atoms with Crippen molar-refractivity contribution in [3.63, 3.8) is 0 Å². The van der Waals surface area contributed by atoms with E-state index >= 15 is 0 Å². The third-order valence-electron chi connectivity index (χ3n) is 5.98. The average Bonchev–Trinajstić information content (AvgIpc) is 3.41. The van der Waals surface area contributed by atoms with Gasteiger partial charge in [0.2, 0.25) is 0 Å². The summed E-state index contributed by atoms with van der Waals surface area (Å²) in [6.45, 7) is 4.28. The van der Waals surface area contributed by atoms with Crippen LogP contribution in [0.25, 0.3) is 5.69 Å². The van der Waals surface area contributed by atoms with Crippen LogP contribution in [0.3, 0.4) is 0 Å². The number of rotatable bonds is 4. The van der Waals surface area contributed by atoms with Gasteiger partial charge in [0.25, 0.3) is 0 Å². The highest BCUT2D eigenvalue weighted by Gasteiger charge is 2.42. The number of nitrogens with one attached hydrogen (secondary N) is 1. The maximum absolute atomic E-state index is 5.86. The third-order valence-corrected chi connectivity index (χ3v) is 6.30. The lowest BCUT2D eigenvalue weighted by Gasteiger charge is -2.29. The number of nitrogens with zero attached hydrogens (tertiary/aromatic N) is 3. The molecular formula is C26H24N4S. The van der Waals surface area contributed by atoms with Gasteiger partial charge in [-0.25, -0.2) is 0 Å². The van der Waals surface area contributed by atoms with Crippen LogP contribution in [0.15, 0.2) is 91.3 Å². The van der Waals surface area contributed by atoms with Crippen LogP contribution in [-0.2, 0) is 0 Å². The van der Waals surface area contributed by atoms with Gasteiger partial charge >= 0.3 is 0 Å². The molecule has 5 rings (SSSR count). The van der Waals surface area contributed by atoms with Gasteiger partial charge in [0.1, 0.15) is 6.04 Å². The number of aromatic nitrogens is 2. The number of anilines is 1. The first-order chi connectivity index (χ1) is 15.1. The van der Waals surface area contributed by atoms with Gasteiger partial charge in [-0.1, -0.05) is 30.3 Å². The molecule has 2 aromatic heterocycles. The molecule has 154 valence electrons. The molecule has 0 amide bonds. The zero-order chi connectivity index (χ0) is 21.4. The molecule has 0 aliphatic carbocycles. The second kappa shape index (κ2) is 8.00. The van der Waals surface area contributed by atoms with Crippen molar-refractivity contribution >= 4 is 23.0 Å². The van der Waals surface area contributed by atoms with E-state index in [0.717, 1.165) is 22.8 Å². The minimum absolute atomic E-state index is 0.0419. The predicted octanol–water partition coefficient (Wildman–Crippen LogP) is 5.67. The maximum atomic E-state index is 5.86. The van der Waals surface area contributed by atoms with Crippen LogP contribution >= 0.6 is 12.2 Å². The Balaban J connectivity index is 1.68. The second-order valence-corrected chi connectivity index (χ2v) is 8.29. The SMILES string of the molecule is Cc1ccc(N2C(=S)N[C@H](c3ccccn3)[C@H]2c2cccn2-c2ccccc2)cc1C. The number of benzene rings is 2. The first-order valence-electron chi connectivity index (χ1n) is 10.4. The Morgan fingerprint density at radius 2 is 1.65 bits per heavy atom. The van der Waals surface area contributed by atoms with E-state index in [-0.39, 0.29) is 12.1 Å². The number of para-hydroxylation sites is 1. The third kappa shape index (κ3) is 3.51. The molecule has 1 saturated heterocycles. The molecule has 1 aliphatic rings. The van der Waals surface area contributed by atoms with E-state index in [1.807, 2.05) is 24.4 Å². The molecule has 1 N–H and O–H groups in total. The molecule has 4 aromatic rings. The molecule has 3 heterocycles. The summed E-state index contributed by atoms with van der Waals surface area (Å²) in [6.07, 6.45) is 3.95. The molecule has 1 aliphatic heterocycles. The van der Waals surface area contributed by atoms with Gasteiger partial charge in [-0.3, -0.25) is 4.98 Å². The molecule has 2 aromatic carbocycles. The van der Waals surface area contributed by atoms with Crippen LogP contribution in [0.4, 0.5) is 5.69 Å². The first kappa shape index (κ1) is 19.5. The minimum Gasteiger partial charge on any atom is -0.351 e. The lowest BCUT2D eigenvalue weighted by atomic mass is 10.00. The van der Waals surface area contributed by atoms with Gasteiger partial charge in [-0.2, -0.15) is 0 Å². The van der Waals surface area contributed by atoms with Crippen LogP contribution < -0.4 is 10.2 Å². The molecule has 0 saturated carbocycles. The lowest BCUT2D eigenvalue weighted by molar-refractivity contribution is 0.549. The number of thiocarbonyl (C=S) groups is 1. The topological polar surface area (TPSA) is 33.1 Å². The zero-order valence-corrected chi connectivity index (χ0v) is 18.4. The molecular weight excluding hydrogens is 400 g/mol. The van der Waals surface area contributed by atoms with E-state index in [0.29, 0.717) is 5.11 Å². The Labute approximate surface area is 188 Å². The average molecular weight is 425 g/mol. The molecule has 0 unspecified atom stereocenters. The van der Waals surface area contributed by atoms with Crippen molar-refractivity contribution in [2.45, 2.75) is 25.9 Å². The Kier molecular flexibility index (Phi) is 5.04. The van der Waals surface area contributed by atoms with Crippen molar-refractivity contribution in [3.05, 3.63) is 114 Å². The molecule has 4 nitrogen and oxygen atoms in total. The van der Waals surface area contributed by atoms with E-state index in [2.05, 4.69) is 100 Å². The van der Waals surface area contributed by atoms with E-state index in [1.165, 1.54) is 11.1 Å². The van der Waals surface area contributed by atoms with Gasteiger partial charge in [0.05, 0.1) is 11.7 Å². The van der Waals surface area contributed by atoms with Gasteiger partial charge in [0.15, 0.2) is 5.11 Å². The molecule has 0 bridgehead atoms. The first-order valence-corrected chi connectivity index (χ1v) is 10.8. The highest BCUT2D eigenvalue weighted by atomic mass is 32.1. The van der Waals surface area contributed by atoms with Crippen LogP contribution in [0, 0.1) is 13.8 Å². The number of hydrogen-bond donors (Lipinski definition) is 1. The van der Waals surface area contributed by atoms with Crippen molar-refractivity contribution in [2.24, 2.45) is 0 Å². The Hall–Kier alpha value is -3.44. The van der Waals surface area contributed by atoms with Crippen LogP contribution in [-0.4, -0.2) is 14.7 Å². The standard InChI is InChI=1S/C26H24N4S/c1-18-13-14-21(17-19(18)2)30-25(24(28-26(30)31)22-11-6-7-15-27-22)23-12-8-16-29(23)20-9-4-3-5-10-20/h3-17,24-25H,1-2H3,(H,28,31)/t24-,25-/m1/s1. The molecule has 5 heteroatoms. The fourth-order valence-corrected chi connectivity index (χ4v) is 4.61. The van der Waals surface area contributed by atoms with Gasteiger partial charge in [-0.05, 0) is 85.7 Å². The molecule has 31 heavy (non-hydrogen) atoms. The summed E-state index contributed by atoms with van der Waals surface area (Å²) in [7, 11) is 0. The zero-order valence-electron chi connectivity index (χ0n) is 17.6. The highest BCUT2D eigenvalue weighted by Crippen LogP contribution is 2.42. The Bertz CT molecular complexity index is 1220. The smallest absolute Gasteiger partial charge is 0.174 e. The van der Waals surface area contributed by atoms with Gasteiger partial charge < -0.3 is 14.8 Å². The normalized spacial score (nSPS) is 18.3. The van der Waals surface area contributed by atoms with Crippen molar-refractivity contribution in [2.75, 3.05) is 4.90 Å². The summed E-state index contributed by atoms with van der Waals surface area (Å²) >= 11 is 5.86. The molecule has 2 atom stereocenters. The van der Waals surface area contributed by atoms with Gasteiger partial charge in [0, 0.05) is 29.5 Å². The van der Waals surface area contributed by atoms with E-state index < -0.39 is 0 Å². The number of aryl methyl sites for hydroxylation is 2. The Morgan fingerprint density at radius 1 is 0.839 bits per heavy atom. The summed E-state index contributed by atoms with van der Waals surface area (Å²) in [5, 5.41) is 4.26. The predicted molar refractivity (Wildman–Crippen MR) is 130 cm³/mol. The summed E-state index contributed by atoms with van der Waals surface area (Å²) in [5.74, 6) is 0. The summed E-state index contributed by atoms with van der Waals surface area (Å²) in [4.78, 5) is 6.89. The molecule has 0 radical (unpaired) electrons. The van der Waals surface area contributed by atoms with E-state index in [9.17, 15) is 0 Å². The quantitative estimate of drug-likeness (QED) is 0.428. The summed E-state index contributed by atoms with van der Waals surface area (Å²) < 4.78 is 2.24. The monoisotopic (exact) mass is 424 g/mol. The number of hydrogen-bond acceptors (Lipinski definition) is 2. The van der Waals surface area contributed by atoms with Crippen molar-refractivity contribution in [1.29, 1.82) is 0 Å². The fourth-order valence-electron chi connectivity index (χ4n) is 4.27. The van der Waals surface area contributed by atoms with Crippen molar-refractivity contribution in [1.82, 2.24) is 14.9 Å². The largest absolute Gasteiger partial charge is 0.351 e. The van der Waals surface area contributed by atoms with Crippen molar-refractivity contribution in [3.8, 4) is 5.69 Å². The second-order valence-electron chi connectivity index (χ2n) is 7.90. The maximum Gasteiger partial charge on any atom is 0.174 e. The number of pyridine rings is 1. The fraction of sp³-hybridized carbons (Fsp3) is 0.154. The molecule has 0 spiro atoms. The van der Waals surface area contributed by atoms with Gasteiger partial charge in [-0.15, -0.1) is 0 Å². The van der Waals surface area contributed by atoms with Crippen molar-refractivity contribution < 1.29 is 0 Å². The molecule has 1 fully saturated rings. The van der Waals surface area contributed by atoms with Crippen LogP contribution in [0.2, 0.25) is 0 Å². The summed E-state index contributed by atoms with van der Waals surface area (Å²) in [5.41, 5.74) is 6.87.